The van der Waals surface area contributed by atoms with Gasteiger partial charge >= 0.3 is 6.18 Å². The molecule has 0 atom stereocenters. The summed E-state index contributed by atoms with van der Waals surface area (Å²) in [5.41, 5.74) is 1.07. The van der Waals surface area contributed by atoms with E-state index in [1.54, 1.807) is 13.1 Å². The fourth-order valence-corrected chi connectivity index (χ4v) is 1.73. The molecule has 2 aromatic rings. The maximum Gasteiger partial charge on any atom is 0.416 e. The first-order valence-corrected chi connectivity index (χ1v) is 5.52. The van der Waals surface area contributed by atoms with Crippen LogP contribution in [0.5, 0.6) is 0 Å². The van der Waals surface area contributed by atoms with Crippen molar-refractivity contribution in [3.63, 3.8) is 0 Å². The summed E-state index contributed by atoms with van der Waals surface area (Å²) in [6.45, 7) is 1.62. The van der Waals surface area contributed by atoms with E-state index in [0.29, 0.717) is 21.5 Å². The summed E-state index contributed by atoms with van der Waals surface area (Å²) < 4.78 is 38.0. The maximum atomic E-state index is 12.5. The van der Waals surface area contributed by atoms with Gasteiger partial charge in [-0.25, -0.2) is 0 Å². The van der Waals surface area contributed by atoms with Crippen molar-refractivity contribution in [3.8, 4) is 11.3 Å². The molecule has 0 spiro atoms. The normalized spacial score (nSPS) is 11.6. The number of hydrogen-bond acceptors (Lipinski definition) is 2. The Balaban J connectivity index is 2.48. The summed E-state index contributed by atoms with van der Waals surface area (Å²) in [6, 6.07) is 3.57. The molecule has 0 aliphatic heterocycles. The van der Waals surface area contributed by atoms with E-state index in [9.17, 15) is 13.2 Å². The number of aryl methyl sites for hydroxylation is 1. The minimum absolute atomic E-state index is 0.475. The molecule has 0 unspecified atom stereocenters. The van der Waals surface area contributed by atoms with Crippen LogP contribution >= 0.6 is 12.2 Å². The van der Waals surface area contributed by atoms with E-state index in [1.807, 2.05) is 0 Å². The van der Waals surface area contributed by atoms with E-state index in [0.717, 1.165) is 12.1 Å². The molecule has 2 nitrogen and oxygen atoms in total. The van der Waals surface area contributed by atoms with Crippen molar-refractivity contribution in [1.29, 1.82) is 0 Å². The van der Waals surface area contributed by atoms with Crippen molar-refractivity contribution in [3.05, 3.63) is 46.4 Å². The van der Waals surface area contributed by atoms with Crippen LogP contribution in [-0.4, -0.2) is 9.97 Å². The highest BCUT2D eigenvalue weighted by Gasteiger charge is 2.30. The molecule has 0 bridgehead atoms. The van der Waals surface area contributed by atoms with E-state index in [1.165, 1.54) is 12.3 Å². The number of aromatic nitrogens is 2. The number of H-pyrrole nitrogens is 1. The molecule has 0 aliphatic rings. The largest absolute Gasteiger partial charge is 0.416 e. The van der Waals surface area contributed by atoms with Gasteiger partial charge in [0.05, 0.1) is 17.5 Å². The van der Waals surface area contributed by atoms with Crippen LogP contribution in [0, 0.1) is 11.6 Å². The van der Waals surface area contributed by atoms with Crippen LogP contribution in [0.3, 0.4) is 0 Å². The summed E-state index contributed by atoms with van der Waals surface area (Å²) in [7, 11) is 0. The Kier molecular flexibility index (Phi) is 3.21. The molecule has 0 aliphatic carbocycles. The van der Waals surface area contributed by atoms with Crippen LogP contribution in [-0.2, 0) is 6.18 Å². The second kappa shape index (κ2) is 4.53. The molecule has 0 saturated carbocycles. The molecule has 0 amide bonds. The molecule has 94 valence electrons. The molecule has 6 heteroatoms. The standard InChI is InChI=1S/C12H9F3N2S/c1-7-4-8(12(13,14)15)2-3-9(7)10-5-17-11(18)6-16-10/h2-6H,1H3,(H,17,18). The smallest absolute Gasteiger partial charge is 0.350 e. The monoisotopic (exact) mass is 270 g/mol. The number of hydrogen-bond donors (Lipinski definition) is 1. The molecule has 0 saturated heterocycles. The predicted molar refractivity (Wildman–Crippen MR) is 64.6 cm³/mol. The second-order valence-corrected chi connectivity index (χ2v) is 4.26. The molecule has 1 heterocycles. The van der Waals surface area contributed by atoms with E-state index in [4.69, 9.17) is 12.2 Å². The minimum Gasteiger partial charge on any atom is -0.350 e. The van der Waals surface area contributed by atoms with Crippen LogP contribution < -0.4 is 0 Å². The topological polar surface area (TPSA) is 28.7 Å². The Bertz CT molecular complexity index is 611. The summed E-state index contributed by atoms with van der Waals surface area (Å²) in [4.78, 5) is 6.89. The van der Waals surface area contributed by atoms with Crippen molar-refractivity contribution >= 4 is 12.2 Å². The fourth-order valence-electron chi connectivity index (χ4n) is 1.62. The van der Waals surface area contributed by atoms with Crippen molar-refractivity contribution in [2.45, 2.75) is 13.1 Å². The SMILES string of the molecule is Cc1cc(C(F)(F)F)ccc1-c1c[nH]c(=S)cn1. The van der Waals surface area contributed by atoms with Crippen LogP contribution in [0.1, 0.15) is 11.1 Å². The zero-order valence-electron chi connectivity index (χ0n) is 9.38. The van der Waals surface area contributed by atoms with Gasteiger partial charge in [-0.05, 0) is 24.6 Å². The van der Waals surface area contributed by atoms with Crippen molar-refractivity contribution in [2.75, 3.05) is 0 Å². The van der Waals surface area contributed by atoms with E-state index in [2.05, 4.69) is 9.97 Å². The third kappa shape index (κ3) is 2.59. The average molecular weight is 270 g/mol. The Hall–Kier alpha value is -1.69. The summed E-state index contributed by atoms with van der Waals surface area (Å²) in [5, 5.41) is 0. The van der Waals surface area contributed by atoms with Crippen LogP contribution in [0.2, 0.25) is 0 Å². The molecule has 1 aromatic carbocycles. The van der Waals surface area contributed by atoms with E-state index in [-0.39, 0.29) is 0 Å². The number of benzene rings is 1. The molecule has 2 rings (SSSR count). The Morgan fingerprint density at radius 1 is 1.28 bits per heavy atom. The maximum absolute atomic E-state index is 12.5. The van der Waals surface area contributed by atoms with E-state index >= 15 is 0 Å². The highest BCUT2D eigenvalue weighted by Crippen LogP contribution is 2.32. The lowest BCUT2D eigenvalue weighted by atomic mass is 10.0. The van der Waals surface area contributed by atoms with Gasteiger partial charge in [-0.3, -0.25) is 4.98 Å². The lowest BCUT2D eigenvalue weighted by Gasteiger charge is -2.10. The van der Waals surface area contributed by atoms with Gasteiger partial charge in [0, 0.05) is 11.8 Å². The number of halogens is 3. The van der Waals surface area contributed by atoms with Crippen molar-refractivity contribution in [1.82, 2.24) is 9.97 Å². The summed E-state index contributed by atoms with van der Waals surface area (Å²) in [5.74, 6) is 0. The number of aromatic amines is 1. The fraction of sp³-hybridized carbons (Fsp3) is 0.167. The zero-order chi connectivity index (χ0) is 13.3. The predicted octanol–water partition coefficient (Wildman–Crippen LogP) is 4.13. The first-order chi connectivity index (χ1) is 8.38. The Labute approximate surface area is 107 Å². The minimum atomic E-state index is -4.33. The first kappa shape index (κ1) is 12.8. The second-order valence-electron chi connectivity index (χ2n) is 3.82. The first-order valence-electron chi connectivity index (χ1n) is 5.11. The lowest BCUT2D eigenvalue weighted by Crippen LogP contribution is -2.05. The third-order valence-corrected chi connectivity index (χ3v) is 2.72. The van der Waals surface area contributed by atoms with E-state index < -0.39 is 11.7 Å². The Morgan fingerprint density at radius 3 is 2.50 bits per heavy atom. The van der Waals surface area contributed by atoms with Crippen LogP contribution in [0.15, 0.2) is 30.6 Å². The average Bonchev–Trinajstić information content (AvgIpc) is 2.29. The zero-order valence-corrected chi connectivity index (χ0v) is 10.2. The van der Waals surface area contributed by atoms with Crippen LogP contribution in [0.25, 0.3) is 11.3 Å². The van der Waals surface area contributed by atoms with Crippen molar-refractivity contribution in [2.24, 2.45) is 0 Å². The van der Waals surface area contributed by atoms with Gasteiger partial charge in [0.1, 0.15) is 4.64 Å². The van der Waals surface area contributed by atoms with Gasteiger partial charge in [0.15, 0.2) is 0 Å². The number of nitrogens with one attached hydrogen (secondary N) is 1. The Morgan fingerprint density at radius 2 is 2.00 bits per heavy atom. The van der Waals surface area contributed by atoms with Gasteiger partial charge in [0.25, 0.3) is 0 Å². The third-order valence-electron chi connectivity index (χ3n) is 2.50. The number of alkyl halides is 3. The molecule has 18 heavy (non-hydrogen) atoms. The highest BCUT2D eigenvalue weighted by atomic mass is 32.1. The molecular formula is C12H9F3N2S. The van der Waals surface area contributed by atoms with Crippen LogP contribution in [0.4, 0.5) is 13.2 Å². The molecule has 1 N–H and O–H groups in total. The highest BCUT2D eigenvalue weighted by molar-refractivity contribution is 7.71. The quantitative estimate of drug-likeness (QED) is 0.789. The molecule has 1 aromatic heterocycles. The lowest BCUT2D eigenvalue weighted by molar-refractivity contribution is -0.137. The number of rotatable bonds is 1. The summed E-state index contributed by atoms with van der Waals surface area (Å²) >= 11 is 4.86. The van der Waals surface area contributed by atoms with Gasteiger partial charge < -0.3 is 4.98 Å². The van der Waals surface area contributed by atoms with Gasteiger partial charge in [0.2, 0.25) is 0 Å². The van der Waals surface area contributed by atoms with Gasteiger partial charge in [-0.15, -0.1) is 0 Å². The van der Waals surface area contributed by atoms with Gasteiger partial charge in [-0.2, -0.15) is 13.2 Å². The summed E-state index contributed by atoms with van der Waals surface area (Å²) in [6.07, 6.45) is -1.28. The number of nitrogens with zero attached hydrogens (tertiary/aromatic N) is 1. The molecular weight excluding hydrogens is 261 g/mol. The molecule has 0 fully saturated rings. The molecule has 0 radical (unpaired) electrons. The van der Waals surface area contributed by atoms with Gasteiger partial charge in [-0.1, -0.05) is 18.3 Å². The van der Waals surface area contributed by atoms with Crippen molar-refractivity contribution < 1.29 is 13.2 Å².